The lowest BCUT2D eigenvalue weighted by molar-refractivity contribution is 0.112. The first-order chi connectivity index (χ1) is 12.7. The number of hydrogen-bond acceptors (Lipinski definition) is 5. The van der Waals surface area contributed by atoms with Gasteiger partial charge in [-0.05, 0) is 49.6 Å². The second-order valence-electron chi connectivity index (χ2n) is 7.55. The third kappa shape index (κ3) is 4.94. The largest absolute Gasteiger partial charge is 0.497 e. The van der Waals surface area contributed by atoms with Gasteiger partial charge in [0.05, 0.1) is 20.3 Å². The molecule has 0 unspecified atom stereocenters. The van der Waals surface area contributed by atoms with Crippen LogP contribution in [-0.2, 0) is 5.41 Å². The Labute approximate surface area is 161 Å². The molecule has 0 heterocycles. The third-order valence-electron chi connectivity index (χ3n) is 3.97. The average Bonchev–Trinajstić information content (AvgIpc) is 2.61. The quantitative estimate of drug-likeness (QED) is 0.610. The zero-order valence-corrected chi connectivity index (χ0v) is 17.1. The molecule has 0 bridgehead atoms. The molecule has 5 nitrogen and oxygen atoms in total. The summed E-state index contributed by atoms with van der Waals surface area (Å²) in [7, 11) is 3.17. The molecule has 0 aromatic heterocycles. The maximum absolute atomic E-state index is 11.4. The van der Waals surface area contributed by atoms with Gasteiger partial charge in [0, 0.05) is 11.1 Å². The van der Waals surface area contributed by atoms with E-state index in [0.717, 1.165) is 17.6 Å². The van der Waals surface area contributed by atoms with E-state index in [9.17, 15) is 4.79 Å². The van der Waals surface area contributed by atoms with Crippen LogP contribution in [0.1, 0.15) is 50.5 Å². The second kappa shape index (κ2) is 8.33. The molecule has 27 heavy (non-hydrogen) atoms. The van der Waals surface area contributed by atoms with Crippen LogP contribution in [0.5, 0.6) is 28.7 Å². The molecule has 2 rings (SSSR count). The number of ether oxygens (including phenoxy) is 4. The van der Waals surface area contributed by atoms with Gasteiger partial charge in [-0.15, -0.1) is 0 Å². The molecule has 0 atom stereocenters. The molecule has 2 aromatic carbocycles. The van der Waals surface area contributed by atoms with E-state index in [0.29, 0.717) is 28.6 Å². The van der Waals surface area contributed by atoms with E-state index in [4.69, 9.17) is 18.9 Å². The minimum Gasteiger partial charge on any atom is -0.497 e. The second-order valence-corrected chi connectivity index (χ2v) is 7.55. The number of aldehydes is 1. The Morgan fingerprint density at radius 2 is 1.59 bits per heavy atom. The molecular formula is C22H28O5. The molecule has 5 heteroatoms. The van der Waals surface area contributed by atoms with Crippen LogP contribution in [0.3, 0.4) is 0 Å². The summed E-state index contributed by atoms with van der Waals surface area (Å²) in [5.41, 5.74) is 1.26. The molecule has 0 saturated carbocycles. The smallest absolute Gasteiger partial charge is 0.204 e. The molecule has 0 aliphatic rings. The van der Waals surface area contributed by atoms with E-state index >= 15 is 0 Å². The highest BCUT2D eigenvalue weighted by Crippen LogP contribution is 2.44. The molecule has 0 saturated heterocycles. The molecule has 0 aliphatic heterocycles. The standard InChI is InChI=1S/C22H28O5/c1-14(2)26-21-19(25-7)10-15(13-23)11-20(21)27-18-9-8-16(24-6)12-17(18)22(3,4)5/h8-14H,1-7H3. The molecule has 0 radical (unpaired) electrons. The Morgan fingerprint density at radius 1 is 0.926 bits per heavy atom. The van der Waals surface area contributed by atoms with Crippen LogP contribution in [0.25, 0.3) is 0 Å². The molecular weight excluding hydrogens is 344 g/mol. The summed E-state index contributed by atoms with van der Waals surface area (Å²) >= 11 is 0. The Kier molecular flexibility index (Phi) is 6.37. The number of rotatable bonds is 7. The zero-order chi connectivity index (χ0) is 20.2. The summed E-state index contributed by atoms with van der Waals surface area (Å²) in [4.78, 5) is 11.4. The zero-order valence-electron chi connectivity index (χ0n) is 17.1. The highest BCUT2D eigenvalue weighted by Gasteiger charge is 2.23. The van der Waals surface area contributed by atoms with E-state index in [-0.39, 0.29) is 11.5 Å². The Bertz CT molecular complexity index is 803. The van der Waals surface area contributed by atoms with Crippen molar-refractivity contribution in [2.75, 3.05) is 14.2 Å². The summed E-state index contributed by atoms with van der Waals surface area (Å²) in [6, 6.07) is 8.95. The van der Waals surface area contributed by atoms with Crippen molar-refractivity contribution in [2.24, 2.45) is 0 Å². The number of benzene rings is 2. The van der Waals surface area contributed by atoms with Gasteiger partial charge in [0.1, 0.15) is 17.8 Å². The van der Waals surface area contributed by atoms with Crippen molar-refractivity contribution >= 4 is 6.29 Å². The fraction of sp³-hybridized carbons (Fsp3) is 0.409. The predicted octanol–water partition coefficient (Wildman–Crippen LogP) is 5.39. The van der Waals surface area contributed by atoms with Crippen LogP contribution in [0.15, 0.2) is 30.3 Å². The van der Waals surface area contributed by atoms with Gasteiger partial charge in [0.2, 0.25) is 5.75 Å². The van der Waals surface area contributed by atoms with Crippen molar-refractivity contribution in [1.82, 2.24) is 0 Å². The first-order valence-electron chi connectivity index (χ1n) is 8.89. The summed E-state index contributed by atoms with van der Waals surface area (Å²) in [6.45, 7) is 10.1. The maximum atomic E-state index is 11.4. The lowest BCUT2D eigenvalue weighted by atomic mass is 9.86. The number of methoxy groups -OCH3 is 2. The van der Waals surface area contributed by atoms with E-state index in [1.165, 1.54) is 7.11 Å². The molecule has 0 amide bonds. The Morgan fingerprint density at radius 3 is 2.11 bits per heavy atom. The first kappa shape index (κ1) is 20.6. The van der Waals surface area contributed by atoms with Gasteiger partial charge in [0.25, 0.3) is 0 Å². The minimum absolute atomic E-state index is 0.0821. The van der Waals surface area contributed by atoms with Crippen molar-refractivity contribution in [3.8, 4) is 28.7 Å². The highest BCUT2D eigenvalue weighted by molar-refractivity contribution is 5.78. The van der Waals surface area contributed by atoms with Crippen molar-refractivity contribution < 1.29 is 23.7 Å². The molecule has 0 N–H and O–H groups in total. The lowest BCUT2D eigenvalue weighted by Crippen LogP contribution is -2.13. The maximum Gasteiger partial charge on any atom is 0.204 e. The third-order valence-corrected chi connectivity index (χ3v) is 3.97. The molecule has 0 fully saturated rings. The van der Waals surface area contributed by atoms with E-state index in [2.05, 4.69) is 20.8 Å². The van der Waals surface area contributed by atoms with Crippen molar-refractivity contribution in [3.05, 3.63) is 41.5 Å². The fourth-order valence-electron chi connectivity index (χ4n) is 2.67. The van der Waals surface area contributed by atoms with E-state index in [1.807, 2.05) is 32.0 Å². The van der Waals surface area contributed by atoms with Gasteiger partial charge < -0.3 is 18.9 Å². The predicted molar refractivity (Wildman–Crippen MR) is 106 cm³/mol. The van der Waals surface area contributed by atoms with E-state index < -0.39 is 0 Å². The van der Waals surface area contributed by atoms with Gasteiger partial charge in [-0.3, -0.25) is 4.79 Å². The lowest BCUT2D eigenvalue weighted by Gasteiger charge is -2.24. The molecule has 0 aliphatic carbocycles. The minimum atomic E-state index is -0.171. The van der Waals surface area contributed by atoms with Crippen LogP contribution in [0.2, 0.25) is 0 Å². The van der Waals surface area contributed by atoms with Gasteiger partial charge in [0.15, 0.2) is 11.5 Å². The SMILES string of the molecule is COc1ccc(Oc2cc(C=O)cc(OC)c2OC(C)C)c(C(C)(C)C)c1. The first-order valence-corrected chi connectivity index (χ1v) is 8.89. The molecule has 2 aromatic rings. The summed E-state index contributed by atoms with van der Waals surface area (Å²) in [5, 5.41) is 0. The normalized spacial score (nSPS) is 11.3. The molecule has 0 spiro atoms. The van der Waals surface area contributed by atoms with Crippen LogP contribution >= 0.6 is 0 Å². The van der Waals surface area contributed by atoms with Gasteiger partial charge in [-0.2, -0.15) is 0 Å². The van der Waals surface area contributed by atoms with Crippen molar-refractivity contribution in [2.45, 2.75) is 46.1 Å². The number of hydrogen-bond donors (Lipinski definition) is 0. The Hall–Kier alpha value is -2.69. The molecule has 146 valence electrons. The summed E-state index contributed by atoms with van der Waals surface area (Å²) < 4.78 is 22.9. The number of carbonyl (C=O) groups excluding carboxylic acids is 1. The topological polar surface area (TPSA) is 54.0 Å². The number of carbonyl (C=O) groups is 1. The summed E-state index contributed by atoms with van der Waals surface area (Å²) in [5.74, 6) is 2.77. The average molecular weight is 372 g/mol. The van der Waals surface area contributed by atoms with Crippen LogP contribution in [-0.4, -0.2) is 26.6 Å². The van der Waals surface area contributed by atoms with Crippen LogP contribution in [0.4, 0.5) is 0 Å². The van der Waals surface area contributed by atoms with Gasteiger partial charge >= 0.3 is 0 Å². The van der Waals surface area contributed by atoms with Crippen LogP contribution in [0, 0.1) is 0 Å². The Balaban J connectivity index is 2.61. The highest BCUT2D eigenvalue weighted by atomic mass is 16.5. The van der Waals surface area contributed by atoms with E-state index in [1.54, 1.807) is 19.2 Å². The fourth-order valence-corrected chi connectivity index (χ4v) is 2.67. The van der Waals surface area contributed by atoms with Gasteiger partial charge in [-0.25, -0.2) is 0 Å². The van der Waals surface area contributed by atoms with Gasteiger partial charge in [-0.1, -0.05) is 20.8 Å². The van der Waals surface area contributed by atoms with Crippen molar-refractivity contribution in [3.63, 3.8) is 0 Å². The van der Waals surface area contributed by atoms with Crippen LogP contribution < -0.4 is 18.9 Å². The summed E-state index contributed by atoms with van der Waals surface area (Å²) in [6.07, 6.45) is 0.675. The van der Waals surface area contributed by atoms with Crippen molar-refractivity contribution in [1.29, 1.82) is 0 Å². The monoisotopic (exact) mass is 372 g/mol.